The van der Waals surface area contributed by atoms with Crippen LogP contribution in [0.4, 0.5) is 0 Å². The SMILES string of the molecule is CCCCCCC(Cc1ccnc2ccccc12)NC. The van der Waals surface area contributed by atoms with Gasteiger partial charge < -0.3 is 5.32 Å². The molecule has 0 aliphatic carbocycles. The first-order valence-electron chi connectivity index (χ1n) is 7.85. The summed E-state index contributed by atoms with van der Waals surface area (Å²) in [6, 6.07) is 11.2. The van der Waals surface area contributed by atoms with Gasteiger partial charge in [0.2, 0.25) is 0 Å². The van der Waals surface area contributed by atoms with Crippen LogP contribution in [0.3, 0.4) is 0 Å². The van der Waals surface area contributed by atoms with Gasteiger partial charge in [-0.1, -0.05) is 50.8 Å². The number of rotatable bonds is 8. The topological polar surface area (TPSA) is 24.9 Å². The van der Waals surface area contributed by atoms with E-state index in [1.54, 1.807) is 0 Å². The van der Waals surface area contributed by atoms with Crippen molar-refractivity contribution in [3.63, 3.8) is 0 Å². The third kappa shape index (κ3) is 4.04. The number of likely N-dealkylation sites (N-methyl/N-ethyl adjacent to an activating group) is 1. The first kappa shape index (κ1) is 15.0. The van der Waals surface area contributed by atoms with Crippen LogP contribution in [0.2, 0.25) is 0 Å². The molecule has 2 aromatic rings. The monoisotopic (exact) mass is 270 g/mol. The maximum absolute atomic E-state index is 4.44. The molecule has 0 saturated carbocycles. The summed E-state index contributed by atoms with van der Waals surface area (Å²) in [6.07, 6.45) is 9.61. The van der Waals surface area contributed by atoms with Gasteiger partial charge in [0.15, 0.2) is 0 Å². The molecule has 1 N–H and O–H groups in total. The minimum atomic E-state index is 0.567. The Morgan fingerprint density at radius 1 is 1.10 bits per heavy atom. The molecule has 2 nitrogen and oxygen atoms in total. The fourth-order valence-corrected chi connectivity index (χ4v) is 2.76. The molecular weight excluding hydrogens is 244 g/mol. The maximum Gasteiger partial charge on any atom is 0.0704 e. The lowest BCUT2D eigenvalue weighted by atomic mass is 9.98. The third-order valence-corrected chi connectivity index (χ3v) is 4.02. The largest absolute Gasteiger partial charge is 0.317 e. The van der Waals surface area contributed by atoms with E-state index in [1.807, 2.05) is 6.20 Å². The predicted molar refractivity (Wildman–Crippen MR) is 87.1 cm³/mol. The van der Waals surface area contributed by atoms with Crippen LogP contribution < -0.4 is 5.32 Å². The summed E-state index contributed by atoms with van der Waals surface area (Å²) >= 11 is 0. The predicted octanol–water partition coefficient (Wildman–Crippen LogP) is 4.34. The normalized spacial score (nSPS) is 12.7. The first-order valence-corrected chi connectivity index (χ1v) is 7.85. The van der Waals surface area contributed by atoms with Gasteiger partial charge >= 0.3 is 0 Å². The fourth-order valence-electron chi connectivity index (χ4n) is 2.76. The van der Waals surface area contributed by atoms with Crippen molar-refractivity contribution in [3.05, 3.63) is 42.1 Å². The summed E-state index contributed by atoms with van der Waals surface area (Å²) < 4.78 is 0. The number of pyridine rings is 1. The van der Waals surface area contributed by atoms with Crippen molar-refractivity contribution < 1.29 is 0 Å². The highest BCUT2D eigenvalue weighted by Crippen LogP contribution is 2.19. The number of hydrogen-bond donors (Lipinski definition) is 1. The van der Waals surface area contributed by atoms with Crippen LogP contribution in [0.25, 0.3) is 10.9 Å². The second-order valence-corrected chi connectivity index (χ2v) is 5.53. The summed E-state index contributed by atoms with van der Waals surface area (Å²) in [5.74, 6) is 0. The molecule has 0 amide bonds. The van der Waals surface area contributed by atoms with E-state index >= 15 is 0 Å². The number of unbranched alkanes of at least 4 members (excludes halogenated alkanes) is 3. The van der Waals surface area contributed by atoms with Crippen molar-refractivity contribution in [2.24, 2.45) is 0 Å². The van der Waals surface area contributed by atoms with Crippen molar-refractivity contribution in [2.45, 2.75) is 51.5 Å². The molecule has 0 aliphatic rings. The zero-order valence-corrected chi connectivity index (χ0v) is 12.7. The average molecular weight is 270 g/mol. The van der Waals surface area contributed by atoms with Crippen molar-refractivity contribution in [3.8, 4) is 0 Å². The van der Waals surface area contributed by atoms with Crippen LogP contribution in [0.5, 0.6) is 0 Å². The van der Waals surface area contributed by atoms with E-state index in [0.29, 0.717) is 6.04 Å². The second-order valence-electron chi connectivity index (χ2n) is 5.53. The van der Waals surface area contributed by atoms with E-state index < -0.39 is 0 Å². The Balaban J connectivity index is 2.02. The number of para-hydroxylation sites is 1. The third-order valence-electron chi connectivity index (χ3n) is 4.02. The standard InChI is InChI=1S/C18H26N2/c1-3-4-5-6-9-16(19-2)14-15-12-13-20-18-11-8-7-10-17(15)18/h7-8,10-13,16,19H,3-6,9,14H2,1-2H3. The van der Waals surface area contributed by atoms with E-state index in [1.165, 1.54) is 43.1 Å². The lowest BCUT2D eigenvalue weighted by Gasteiger charge is -2.17. The van der Waals surface area contributed by atoms with Crippen LogP contribution in [-0.4, -0.2) is 18.1 Å². The molecule has 20 heavy (non-hydrogen) atoms. The maximum atomic E-state index is 4.44. The number of hydrogen-bond acceptors (Lipinski definition) is 2. The van der Waals surface area contributed by atoms with E-state index in [4.69, 9.17) is 0 Å². The van der Waals surface area contributed by atoms with Crippen LogP contribution in [0.1, 0.15) is 44.6 Å². The summed E-state index contributed by atoms with van der Waals surface area (Å²) in [5.41, 5.74) is 2.51. The Morgan fingerprint density at radius 2 is 1.95 bits per heavy atom. The van der Waals surface area contributed by atoms with E-state index in [-0.39, 0.29) is 0 Å². The summed E-state index contributed by atoms with van der Waals surface area (Å²) in [5, 5.41) is 4.77. The van der Waals surface area contributed by atoms with Gasteiger partial charge in [0.1, 0.15) is 0 Å². The number of aromatic nitrogens is 1. The Bertz CT molecular complexity index is 516. The van der Waals surface area contributed by atoms with Crippen molar-refractivity contribution in [1.29, 1.82) is 0 Å². The Kier molecular flexibility index (Phi) is 6.00. The minimum absolute atomic E-state index is 0.567. The highest BCUT2D eigenvalue weighted by atomic mass is 14.9. The molecule has 2 rings (SSSR count). The molecule has 1 aromatic heterocycles. The lowest BCUT2D eigenvalue weighted by Crippen LogP contribution is -2.27. The highest BCUT2D eigenvalue weighted by molar-refractivity contribution is 5.81. The average Bonchev–Trinajstić information content (AvgIpc) is 2.50. The van der Waals surface area contributed by atoms with Gasteiger partial charge in [0, 0.05) is 17.6 Å². The van der Waals surface area contributed by atoms with Crippen molar-refractivity contribution in [2.75, 3.05) is 7.05 Å². The van der Waals surface area contributed by atoms with Gasteiger partial charge in [-0.25, -0.2) is 0 Å². The zero-order valence-electron chi connectivity index (χ0n) is 12.7. The van der Waals surface area contributed by atoms with E-state index in [0.717, 1.165) is 11.9 Å². The fraction of sp³-hybridized carbons (Fsp3) is 0.500. The van der Waals surface area contributed by atoms with Crippen molar-refractivity contribution in [1.82, 2.24) is 10.3 Å². The van der Waals surface area contributed by atoms with Gasteiger partial charge in [0.25, 0.3) is 0 Å². The summed E-state index contributed by atoms with van der Waals surface area (Å²) in [6.45, 7) is 2.26. The molecular formula is C18H26N2. The molecule has 0 radical (unpaired) electrons. The zero-order chi connectivity index (χ0) is 14.2. The molecule has 0 bridgehead atoms. The summed E-state index contributed by atoms with van der Waals surface area (Å²) in [4.78, 5) is 4.44. The van der Waals surface area contributed by atoms with Gasteiger partial charge in [-0.15, -0.1) is 0 Å². The molecule has 0 aliphatic heterocycles. The highest BCUT2D eigenvalue weighted by Gasteiger charge is 2.09. The van der Waals surface area contributed by atoms with Gasteiger partial charge in [-0.3, -0.25) is 4.98 Å². The first-order chi connectivity index (χ1) is 9.85. The van der Waals surface area contributed by atoms with Gasteiger partial charge in [0.05, 0.1) is 5.52 Å². The van der Waals surface area contributed by atoms with Crippen molar-refractivity contribution >= 4 is 10.9 Å². The molecule has 1 unspecified atom stereocenters. The minimum Gasteiger partial charge on any atom is -0.317 e. The number of nitrogens with one attached hydrogen (secondary N) is 1. The van der Waals surface area contributed by atoms with Crippen LogP contribution >= 0.6 is 0 Å². The smallest absolute Gasteiger partial charge is 0.0704 e. The van der Waals surface area contributed by atoms with Crippen LogP contribution in [-0.2, 0) is 6.42 Å². The molecule has 2 heteroatoms. The van der Waals surface area contributed by atoms with E-state index in [9.17, 15) is 0 Å². The second kappa shape index (κ2) is 8.01. The van der Waals surface area contributed by atoms with Gasteiger partial charge in [-0.05, 0) is 37.6 Å². The van der Waals surface area contributed by atoms with Gasteiger partial charge in [-0.2, -0.15) is 0 Å². The van der Waals surface area contributed by atoms with Crippen LogP contribution in [0, 0.1) is 0 Å². The number of nitrogens with zero attached hydrogens (tertiary/aromatic N) is 1. The Labute approximate surface area is 122 Å². The van der Waals surface area contributed by atoms with E-state index in [2.05, 4.69) is 54.6 Å². The number of benzene rings is 1. The molecule has 0 saturated heterocycles. The molecule has 1 aromatic carbocycles. The molecule has 0 fully saturated rings. The Morgan fingerprint density at radius 3 is 2.75 bits per heavy atom. The molecule has 0 spiro atoms. The molecule has 108 valence electrons. The molecule has 1 heterocycles. The lowest BCUT2D eigenvalue weighted by molar-refractivity contribution is 0.486. The molecule has 1 atom stereocenters. The summed E-state index contributed by atoms with van der Waals surface area (Å²) in [7, 11) is 2.08. The number of fused-ring (bicyclic) bond motifs is 1. The quantitative estimate of drug-likeness (QED) is 0.722. The van der Waals surface area contributed by atoms with Crippen LogP contribution in [0.15, 0.2) is 36.5 Å². The Hall–Kier alpha value is -1.41.